The number of piperazine rings is 1. The minimum absolute atomic E-state index is 0.0516. The highest BCUT2D eigenvalue weighted by atomic mass is 16.2. The zero-order valence-corrected chi connectivity index (χ0v) is 15.8. The molecule has 2 amide bonds. The third-order valence-corrected chi connectivity index (χ3v) is 4.85. The van der Waals surface area contributed by atoms with E-state index in [4.69, 9.17) is 0 Å². The van der Waals surface area contributed by atoms with Gasteiger partial charge in [0.2, 0.25) is 17.4 Å². The Labute approximate surface area is 164 Å². The molecule has 2 heterocycles. The van der Waals surface area contributed by atoms with E-state index in [0.717, 1.165) is 12.1 Å². The molecule has 1 aromatic heterocycles. The van der Waals surface area contributed by atoms with Crippen LogP contribution in [0, 0.1) is 0 Å². The minimum Gasteiger partial charge on any atom is -0.356 e. The number of aromatic nitrogens is 1. The molecule has 0 aliphatic carbocycles. The monoisotopic (exact) mass is 382 g/mol. The number of pyridine rings is 1. The summed E-state index contributed by atoms with van der Waals surface area (Å²) in [4.78, 5) is 38.4. The van der Waals surface area contributed by atoms with Gasteiger partial charge in [0.1, 0.15) is 0 Å². The Bertz CT molecular complexity index is 850. The van der Waals surface area contributed by atoms with E-state index in [9.17, 15) is 14.4 Å². The quantitative estimate of drug-likeness (QED) is 0.660. The molecular weight excluding hydrogens is 356 g/mol. The van der Waals surface area contributed by atoms with Crippen LogP contribution in [0.25, 0.3) is 0 Å². The van der Waals surface area contributed by atoms with Gasteiger partial charge in [-0.05, 0) is 18.1 Å². The molecule has 148 valence electrons. The van der Waals surface area contributed by atoms with Gasteiger partial charge >= 0.3 is 0 Å². The van der Waals surface area contributed by atoms with Crippen LogP contribution in [0.5, 0.6) is 0 Å². The summed E-state index contributed by atoms with van der Waals surface area (Å²) >= 11 is 0. The van der Waals surface area contributed by atoms with Gasteiger partial charge in [-0.25, -0.2) is 0 Å². The second kappa shape index (κ2) is 9.85. The van der Waals surface area contributed by atoms with Gasteiger partial charge in [-0.2, -0.15) is 0 Å². The molecule has 7 nitrogen and oxygen atoms in total. The van der Waals surface area contributed by atoms with Crippen molar-refractivity contribution in [3.05, 3.63) is 70.6 Å². The van der Waals surface area contributed by atoms with Crippen molar-refractivity contribution in [2.24, 2.45) is 0 Å². The maximum atomic E-state index is 12.3. The summed E-state index contributed by atoms with van der Waals surface area (Å²) in [6.45, 7) is 2.96. The van der Waals surface area contributed by atoms with Crippen LogP contribution in [0.3, 0.4) is 0 Å². The van der Waals surface area contributed by atoms with E-state index in [1.807, 2.05) is 36.4 Å². The van der Waals surface area contributed by atoms with Crippen molar-refractivity contribution in [2.75, 3.05) is 19.6 Å². The average Bonchev–Trinajstić information content (AvgIpc) is 2.70. The predicted octanol–water partition coefficient (Wildman–Crippen LogP) is 0.745. The maximum absolute atomic E-state index is 12.3. The summed E-state index contributed by atoms with van der Waals surface area (Å²) in [5, 5.41) is 5.71. The summed E-state index contributed by atoms with van der Waals surface area (Å²) in [5.74, 6) is -0.256. The Kier molecular flexibility index (Phi) is 6.97. The molecule has 3 rings (SSSR count). The van der Waals surface area contributed by atoms with Crippen LogP contribution in [0.15, 0.2) is 59.5 Å². The fourth-order valence-electron chi connectivity index (χ4n) is 3.36. The number of hydrogen-bond donors (Lipinski definition) is 2. The average molecular weight is 382 g/mol. The molecular formula is C21H26N4O3. The van der Waals surface area contributed by atoms with Gasteiger partial charge < -0.3 is 15.2 Å². The van der Waals surface area contributed by atoms with Crippen LogP contribution < -0.4 is 16.2 Å². The maximum Gasteiger partial charge on any atom is 0.250 e. The van der Waals surface area contributed by atoms with Crippen LogP contribution in [0.4, 0.5) is 0 Å². The summed E-state index contributed by atoms with van der Waals surface area (Å²) in [6.07, 6.45) is 2.52. The number of hydrogen-bond acceptors (Lipinski definition) is 4. The van der Waals surface area contributed by atoms with Crippen molar-refractivity contribution < 1.29 is 9.59 Å². The highest BCUT2D eigenvalue weighted by Crippen LogP contribution is 2.13. The smallest absolute Gasteiger partial charge is 0.250 e. The largest absolute Gasteiger partial charge is 0.356 e. The molecule has 1 aliphatic heterocycles. The minimum atomic E-state index is -0.467. The number of benzene rings is 1. The highest BCUT2D eigenvalue weighted by molar-refractivity contribution is 5.88. The van der Waals surface area contributed by atoms with Crippen LogP contribution in [0.1, 0.15) is 18.4 Å². The molecule has 1 fully saturated rings. The van der Waals surface area contributed by atoms with E-state index in [-0.39, 0.29) is 23.8 Å². The molecule has 0 radical (unpaired) electrons. The van der Waals surface area contributed by atoms with E-state index in [0.29, 0.717) is 32.6 Å². The van der Waals surface area contributed by atoms with Gasteiger partial charge in [0.05, 0.1) is 12.5 Å². The van der Waals surface area contributed by atoms with E-state index in [2.05, 4.69) is 15.5 Å². The van der Waals surface area contributed by atoms with Gasteiger partial charge in [0, 0.05) is 45.0 Å². The molecule has 2 aromatic rings. The third kappa shape index (κ3) is 5.53. The molecule has 2 N–H and O–H groups in total. The third-order valence-electron chi connectivity index (χ3n) is 4.85. The molecule has 1 aromatic carbocycles. The number of amides is 2. The molecule has 1 saturated heterocycles. The summed E-state index contributed by atoms with van der Waals surface area (Å²) in [7, 11) is 0. The Morgan fingerprint density at radius 3 is 2.68 bits per heavy atom. The molecule has 0 unspecified atom stereocenters. The Morgan fingerprint density at radius 2 is 1.89 bits per heavy atom. The van der Waals surface area contributed by atoms with Crippen molar-refractivity contribution in [1.82, 2.24) is 20.1 Å². The van der Waals surface area contributed by atoms with Gasteiger partial charge in [-0.15, -0.1) is 0 Å². The molecule has 0 bridgehead atoms. The lowest BCUT2D eigenvalue weighted by atomic mass is 10.1. The fraction of sp³-hybridized carbons (Fsp3) is 0.381. The van der Waals surface area contributed by atoms with Crippen molar-refractivity contribution >= 4 is 11.8 Å². The van der Waals surface area contributed by atoms with Gasteiger partial charge in [0.15, 0.2) is 0 Å². The van der Waals surface area contributed by atoms with E-state index in [1.54, 1.807) is 16.8 Å². The van der Waals surface area contributed by atoms with Crippen molar-refractivity contribution in [2.45, 2.75) is 32.0 Å². The molecule has 1 aliphatic rings. The second-order valence-electron chi connectivity index (χ2n) is 6.90. The predicted molar refractivity (Wildman–Crippen MR) is 107 cm³/mol. The van der Waals surface area contributed by atoms with E-state index >= 15 is 0 Å². The zero-order valence-electron chi connectivity index (χ0n) is 15.8. The highest BCUT2D eigenvalue weighted by Gasteiger charge is 2.31. The summed E-state index contributed by atoms with van der Waals surface area (Å²) < 4.78 is 1.61. The molecule has 7 heteroatoms. The first-order valence-electron chi connectivity index (χ1n) is 9.61. The van der Waals surface area contributed by atoms with Crippen LogP contribution >= 0.6 is 0 Å². The lowest BCUT2D eigenvalue weighted by Crippen LogP contribution is -2.56. The van der Waals surface area contributed by atoms with Crippen LogP contribution in [-0.2, 0) is 22.7 Å². The first-order valence-corrected chi connectivity index (χ1v) is 9.61. The topological polar surface area (TPSA) is 83.4 Å². The normalized spacial score (nSPS) is 17.1. The molecule has 0 saturated carbocycles. The van der Waals surface area contributed by atoms with Gasteiger partial charge in [-0.1, -0.05) is 36.4 Å². The van der Waals surface area contributed by atoms with Crippen LogP contribution in [0.2, 0.25) is 0 Å². The lowest BCUT2D eigenvalue weighted by molar-refractivity contribution is -0.134. The summed E-state index contributed by atoms with van der Waals surface area (Å²) in [5.41, 5.74) is 1.07. The number of aryl methyl sites for hydroxylation is 1. The zero-order chi connectivity index (χ0) is 19.8. The SMILES string of the molecule is O=C(C[C@@H]1C(=O)NCCN1Cc1ccccc1)NCCCn1ccccc1=O. The van der Waals surface area contributed by atoms with E-state index < -0.39 is 6.04 Å². The Hall–Kier alpha value is -2.93. The molecule has 28 heavy (non-hydrogen) atoms. The number of carbonyl (C=O) groups excluding carboxylic acids is 2. The molecule has 1 atom stereocenters. The lowest BCUT2D eigenvalue weighted by Gasteiger charge is -2.34. The number of nitrogens with one attached hydrogen (secondary N) is 2. The van der Waals surface area contributed by atoms with Crippen molar-refractivity contribution in [1.29, 1.82) is 0 Å². The van der Waals surface area contributed by atoms with Crippen molar-refractivity contribution in [3.63, 3.8) is 0 Å². The number of rotatable bonds is 8. The second-order valence-corrected chi connectivity index (χ2v) is 6.90. The van der Waals surface area contributed by atoms with Gasteiger partial charge in [-0.3, -0.25) is 19.3 Å². The van der Waals surface area contributed by atoms with Crippen LogP contribution in [-0.4, -0.2) is 47.0 Å². The van der Waals surface area contributed by atoms with E-state index in [1.165, 1.54) is 6.07 Å². The molecule has 0 spiro atoms. The standard InChI is InChI=1S/C21H26N4O3/c26-19(22-10-6-13-24-12-5-4-9-20(24)27)15-18-21(28)23-11-14-25(18)16-17-7-2-1-3-8-17/h1-5,7-9,12,18H,6,10-11,13-16H2,(H,22,26)(H,23,28)/t18-/m1/s1. The first kappa shape index (κ1) is 19.8. The van der Waals surface area contributed by atoms with Crippen molar-refractivity contribution in [3.8, 4) is 0 Å². The number of carbonyl (C=O) groups is 2. The van der Waals surface area contributed by atoms with Gasteiger partial charge in [0.25, 0.3) is 0 Å². The summed E-state index contributed by atoms with van der Waals surface area (Å²) in [6, 6.07) is 14.5. The Balaban J connectivity index is 1.48. The first-order chi connectivity index (χ1) is 13.6. The fourth-order valence-corrected chi connectivity index (χ4v) is 3.36. The Morgan fingerprint density at radius 1 is 1.11 bits per heavy atom. The number of nitrogens with zero attached hydrogens (tertiary/aromatic N) is 2.